The molecule has 0 spiro atoms. The van der Waals surface area contributed by atoms with Crippen molar-refractivity contribution in [2.24, 2.45) is 0 Å². The fraction of sp³-hybridized carbons (Fsp3) is 0.385. The fourth-order valence-electron chi connectivity index (χ4n) is 1.59. The molecule has 0 amide bonds. The monoisotopic (exact) mass is 230 g/mol. The van der Waals surface area contributed by atoms with Crippen LogP contribution in [0.15, 0.2) is 36.9 Å². The molecule has 0 radical (unpaired) electrons. The quantitative estimate of drug-likeness (QED) is 0.852. The third-order valence-corrected chi connectivity index (χ3v) is 2.55. The van der Waals surface area contributed by atoms with Crippen LogP contribution in [0.25, 0.3) is 0 Å². The highest BCUT2D eigenvalue weighted by Crippen LogP contribution is 2.05. The molecule has 0 fully saturated rings. The summed E-state index contributed by atoms with van der Waals surface area (Å²) in [6.45, 7) is 6.00. The summed E-state index contributed by atoms with van der Waals surface area (Å²) in [6, 6.07) is 9.10. The second-order valence-corrected chi connectivity index (χ2v) is 4.45. The van der Waals surface area contributed by atoms with Gasteiger partial charge < -0.3 is 5.32 Å². The topological polar surface area (TPSA) is 42.7 Å². The zero-order valence-corrected chi connectivity index (χ0v) is 10.3. The Balaban J connectivity index is 1.93. The van der Waals surface area contributed by atoms with Gasteiger partial charge in [-0.05, 0) is 11.1 Å². The number of nitrogens with one attached hydrogen (secondary N) is 1. The Morgan fingerprint density at radius 1 is 1.18 bits per heavy atom. The van der Waals surface area contributed by atoms with Crippen LogP contribution in [0.3, 0.4) is 0 Å². The molecule has 0 aliphatic carbocycles. The minimum Gasteiger partial charge on any atom is -0.310 e. The molecule has 17 heavy (non-hydrogen) atoms. The van der Waals surface area contributed by atoms with E-state index in [0.717, 1.165) is 13.1 Å². The first-order valence-corrected chi connectivity index (χ1v) is 5.87. The van der Waals surface area contributed by atoms with Gasteiger partial charge in [-0.3, -0.25) is 0 Å². The van der Waals surface area contributed by atoms with Gasteiger partial charge in [0.15, 0.2) is 0 Å². The molecule has 4 nitrogen and oxygen atoms in total. The molecule has 0 atom stereocenters. The zero-order valence-electron chi connectivity index (χ0n) is 10.3. The maximum Gasteiger partial charge on any atom is 0.137 e. The van der Waals surface area contributed by atoms with E-state index in [9.17, 15) is 0 Å². The predicted octanol–water partition coefficient (Wildman–Crippen LogP) is 1.82. The molecule has 0 aliphatic rings. The molecular weight excluding hydrogens is 212 g/mol. The van der Waals surface area contributed by atoms with Crippen LogP contribution in [-0.2, 0) is 13.1 Å². The SMILES string of the molecule is CC(C)NCc1ccc(Cn2cncn2)cc1. The van der Waals surface area contributed by atoms with Crippen molar-refractivity contribution < 1.29 is 0 Å². The van der Waals surface area contributed by atoms with E-state index in [4.69, 9.17) is 0 Å². The van der Waals surface area contributed by atoms with E-state index < -0.39 is 0 Å². The molecule has 0 aliphatic heterocycles. The lowest BCUT2D eigenvalue weighted by molar-refractivity contribution is 0.588. The molecule has 1 aromatic heterocycles. The Morgan fingerprint density at radius 2 is 1.88 bits per heavy atom. The van der Waals surface area contributed by atoms with Crippen molar-refractivity contribution in [3.8, 4) is 0 Å². The Morgan fingerprint density at radius 3 is 2.47 bits per heavy atom. The van der Waals surface area contributed by atoms with Crippen molar-refractivity contribution in [1.82, 2.24) is 20.1 Å². The number of rotatable bonds is 5. The average Bonchev–Trinajstić information content (AvgIpc) is 2.81. The van der Waals surface area contributed by atoms with Crippen LogP contribution in [0.2, 0.25) is 0 Å². The van der Waals surface area contributed by atoms with Gasteiger partial charge in [-0.1, -0.05) is 38.1 Å². The summed E-state index contributed by atoms with van der Waals surface area (Å²) in [5.41, 5.74) is 2.55. The molecule has 1 N–H and O–H groups in total. The van der Waals surface area contributed by atoms with Crippen LogP contribution in [-0.4, -0.2) is 20.8 Å². The van der Waals surface area contributed by atoms with Crippen molar-refractivity contribution in [1.29, 1.82) is 0 Å². The Labute approximate surface area is 102 Å². The average molecular weight is 230 g/mol. The number of hydrogen-bond acceptors (Lipinski definition) is 3. The van der Waals surface area contributed by atoms with Gasteiger partial charge in [0.05, 0.1) is 6.54 Å². The summed E-state index contributed by atoms with van der Waals surface area (Å²) in [5.74, 6) is 0. The number of hydrogen-bond donors (Lipinski definition) is 1. The largest absolute Gasteiger partial charge is 0.310 e. The molecule has 0 saturated carbocycles. The van der Waals surface area contributed by atoms with E-state index in [2.05, 4.69) is 53.5 Å². The molecule has 2 aromatic rings. The second-order valence-electron chi connectivity index (χ2n) is 4.45. The normalized spacial score (nSPS) is 11.0. The summed E-state index contributed by atoms with van der Waals surface area (Å²) in [4.78, 5) is 3.93. The van der Waals surface area contributed by atoms with Crippen LogP contribution in [0.4, 0.5) is 0 Å². The van der Waals surface area contributed by atoms with Crippen molar-refractivity contribution in [2.75, 3.05) is 0 Å². The van der Waals surface area contributed by atoms with Gasteiger partial charge >= 0.3 is 0 Å². The van der Waals surface area contributed by atoms with Crippen molar-refractivity contribution in [2.45, 2.75) is 33.0 Å². The molecule has 90 valence electrons. The zero-order chi connectivity index (χ0) is 12.1. The predicted molar refractivity (Wildman–Crippen MR) is 67.5 cm³/mol. The minimum absolute atomic E-state index is 0.518. The van der Waals surface area contributed by atoms with Gasteiger partial charge in [0.1, 0.15) is 12.7 Å². The summed E-state index contributed by atoms with van der Waals surface area (Å²) in [6.07, 6.45) is 3.29. The third-order valence-electron chi connectivity index (χ3n) is 2.55. The first kappa shape index (κ1) is 11.8. The van der Waals surface area contributed by atoms with Crippen molar-refractivity contribution in [3.05, 3.63) is 48.0 Å². The van der Waals surface area contributed by atoms with E-state index in [1.807, 2.05) is 4.68 Å². The highest BCUT2D eigenvalue weighted by molar-refractivity contribution is 5.22. The highest BCUT2D eigenvalue weighted by atomic mass is 15.3. The molecule has 1 heterocycles. The van der Waals surface area contributed by atoms with Crippen LogP contribution in [0, 0.1) is 0 Å². The van der Waals surface area contributed by atoms with Crippen molar-refractivity contribution >= 4 is 0 Å². The number of benzene rings is 1. The van der Waals surface area contributed by atoms with Gasteiger partial charge in [0, 0.05) is 12.6 Å². The molecule has 4 heteroatoms. The molecule has 0 bridgehead atoms. The van der Waals surface area contributed by atoms with E-state index >= 15 is 0 Å². The van der Waals surface area contributed by atoms with Gasteiger partial charge in [-0.25, -0.2) is 9.67 Å². The third kappa shape index (κ3) is 3.67. The molecule has 0 unspecified atom stereocenters. The summed E-state index contributed by atoms with van der Waals surface area (Å²) >= 11 is 0. The van der Waals surface area contributed by atoms with E-state index in [-0.39, 0.29) is 0 Å². The van der Waals surface area contributed by atoms with E-state index in [1.165, 1.54) is 11.1 Å². The summed E-state index contributed by atoms with van der Waals surface area (Å²) in [7, 11) is 0. The van der Waals surface area contributed by atoms with Crippen LogP contribution < -0.4 is 5.32 Å². The van der Waals surface area contributed by atoms with E-state index in [1.54, 1.807) is 12.7 Å². The molecule has 2 rings (SSSR count). The standard InChI is InChI=1S/C13H18N4/c1-11(2)15-7-12-3-5-13(6-4-12)8-17-10-14-9-16-17/h3-6,9-11,15H,7-8H2,1-2H3. The second kappa shape index (κ2) is 5.59. The lowest BCUT2D eigenvalue weighted by Crippen LogP contribution is -2.21. The Bertz CT molecular complexity index is 431. The Hall–Kier alpha value is -1.68. The van der Waals surface area contributed by atoms with Gasteiger partial charge in [0.2, 0.25) is 0 Å². The molecule has 1 aromatic carbocycles. The first-order valence-electron chi connectivity index (χ1n) is 5.87. The lowest BCUT2D eigenvalue weighted by Gasteiger charge is -2.08. The highest BCUT2D eigenvalue weighted by Gasteiger charge is 1.98. The smallest absolute Gasteiger partial charge is 0.137 e. The first-order chi connectivity index (χ1) is 8.24. The number of aromatic nitrogens is 3. The Kier molecular flexibility index (Phi) is 3.88. The molecule has 0 saturated heterocycles. The summed E-state index contributed by atoms with van der Waals surface area (Å²) in [5, 5.41) is 7.49. The van der Waals surface area contributed by atoms with Crippen molar-refractivity contribution in [3.63, 3.8) is 0 Å². The minimum atomic E-state index is 0.518. The van der Waals surface area contributed by atoms with Crippen LogP contribution in [0.5, 0.6) is 0 Å². The van der Waals surface area contributed by atoms with E-state index in [0.29, 0.717) is 6.04 Å². The van der Waals surface area contributed by atoms with Gasteiger partial charge in [-0.2, -0.15) is 5.10 Å². The van der Waals surface area contributed by atoms with Gasteiger partial charge in [0.25, 0.3) is 0 Å². The van der Waals surface area contributed by atoms with Crippen LogP contribution >= 0.6 is 0 Å². The van der Waals surface area contributed by atoms with Gasteiger partial charge in [-0.15, -0.1) is 0 Å². The lowest BCUT2D eigenvalue weighted by atomic mass is 10.1. The number of nitrogens with zero attached hydrogens (tertiary/aromatic N) is 3. The maximum atomic E-state index is 4.09. The summed E-state index contributed by atoms with van der Waals surface area (Å²) < 4.78 is 1.82. The fourth-order valence-corrected chi connectivity index (χ4v) is 1.59. The maximum absolute atomic E-state index is 4.09. The van der Waals surface area contributed by atoms with Crippen LogP contribution in [0.1, 0.15) is 25.0 Å². The molecular formula is C13H18N4.